The Morgan fingerprint density at radius 3 is 2.70 bits per heavy atom. The summed E-state index contributed by atoms with van der Waals surface area (Å²) in [5.74, 6) is -0.809. The minimum Gasteiger partial charge on any atom is -0.476 e. The largest absolute Gasteiger partial charge is 0.476 e. The Balaban J connectivity index is 2.36. The van der Waals surface area contributed by atoms with Crippen molar-refractivity contribution in [2.45, 2.75) is 0 Å². The van der Waals surface area contributed by atoms with Crippen molar-refractivity contribution < 1.29 is 19.6 Å². The van der Waals surface area contributed by atoms with Crippen molar-refractivity contribution in [3.63, 3.8) is 0 Å². The lowest BCUT2D eigenvalue weighted by atomic mass is 10.3. The van der Waals surface area contributed by atoms with Crippen molar-refractivity contribution in [2.75, 3.05) is 0 Å². The van der Waals surface area contributed by atoms with Gasteiger partial charge < -0.3 is 9.84 Å². The Kier molecular flexibility index (Phi) is 4.13. The summed E-state index contributed by atoms with van der Waals surface area (Å²) in [6, 6.07) is 7.05. The molecule has 1 heterocycles. The molecule has 2 aromatic rings. The van der Waals surface area contributed by atoms with E-state index in [0.717, 1.165) is 0 Å². The fourth-order valence-electron chi connectivity index (χ4n) is 1.44. The molecule has 0 amide bonds. The highest BCUT2D eigenvalue weighted by Gasteiger charge is 2.15. The molecule has 1 aromatic carbocycles. The summed E-state index contributed by atoms with van der Waals surface area (Å²) in [5, 5.41) is 19.6. The number of hydrogen-bond acceptors (Lipinski definition) is 5. The number of carbonyl (C=O) groups is 1. The van der Waals surface area contributed by atoms with Crippen molar-refractivity contribution in [3.8, 4) is 11.5 Å². The Hall–Kier alpha value is -2.23. The monoisotopic (exact) mass is 386 g/mol. The van der Waals surface area contributed by atoms with Gasteiger partial charge >= 0.3 is 5.97 Å². The van der Waals surface area contributed by atoms with Crippen LogP contribution in [-0.2, 0) is 0 Å². The fourth-order valence-corrected chi connectivity index (χ4v) is 2.05. The third kappa shape index (κ3) is 3.02. The average molecular weight is 386 g/mol. The molecule has 0 aliphatic heterocycles. The zero-order valence-corrected chi connectivity index (χ0v) is 12.0. The Morgan fingerprint density at radius 2 is 2.10 bits per heavy atom. The van der Waals surface area contributed by atoms with E-state index in [1.807, 2.05) is 22.6 Å². The molecular weight excluding hydrogens is 379 g/mol. The summed E-state index contributed by atoms with van der Waals surface area (Å²) in [7, 11) is 0. The van der Waals surface area contributed by atoms with Crippen molar-refractivity contribution >= 4 is 34.2 Å². The molecule has 0 radical (unpaired) electrons. The zero-order chi connectivity index (χ0) is 14.7. The van der Waals surface area contributed by atoms with Crippen LogP contribution in [0.2, 0.25) is 0 Å². The van der Waals surface area contributed by atoms with Gasteiger partial charge in [-0.3, -0.25) is 10.1 Å². The van der Waals surface area contributed by atoms with Crippen LogP contribution < -0.4 is 4.74 Å². The molecule has 8 heteroatoms. The summed E-state index contributed by atoms with van der Waals surface area (Å²) >= 11 is 1.88. The fraction of sp³-hybridized carbons (Fsp3) is 0. The lowest BCUT2D eigenvalue weighted by molar-refractivity contribution is -0.385. The molecule has 1 N–H and O–H groups in total. The molecule has 0 atom stereocenters. The number of rotatable bonds is 4. The van der Waals surface area contributed by atoms with E-state index in [1.165, 1.54) is 30.5 Å². The lowest BCUT2D eigenvalue weighted by Crippen LogP contribution is -2.03. The van der Waals surface area contributed by atoms with E-state index in [-0.39, 0.29) is 17.1 Å². The van der Waals surface area contributed by atoms with E-state index in [9.17, 15) is 14.9 Å². The molecule has 0 saturated heterocycles. The molecule has 20 heavy (non-hydrogen) atoms. The van der Waals surface area contributed by atoms with Gasteiger partial charge in [-0.2, -0.15) is 0 Å². The quantitative estimate of drug-likeness (QED) is 0.492. The number of non-ortho nitro benzene ring substituents is 1. The van der Waals surface area contributed by atoms with Gasteiger partial charge in [-0.05, 0) is 40.8 Å². The number of nitrogens with zero attached hydrogens (tertiary/aromatic N) is 2. The first-order valence-corrected chi connectivity index (χ1v) is 6.37. The second-order valence-electron chi connectivity index (χ2n) is 3.63. The first-order chi connectivity index (χ1) is 9.49. The third-order valence-corrected chi connectivity index (χ3v) is 3.16. The molecule has 0 aliphatic carbocycles. The van der Waals surface area contributed by atoms with E-state index in [4.69, 9.17) is 9.84 Å². The minimum atomic E-state index is -1.21. The van der Waals surface area contributed by atoms with Gasteiger partial charge in [0.05, 0.1) is 8.49 Å². The van der Waals surface area contributed by atoms with E-state index in [1.54, 1.807) is 6.07 Å². The van der Waals surface area contributed by atoms with E-state index in [2.05, 4.69) is 4.98 Å². The molecule has 0 aliphatic rings. The molecule has 7 nitrogen and oxygen atoms in total. The van der Waals surface area contributed by atoms with E-state index < -0.39 is 10.9 Å². The van der Waals surface area contributed by atoms with Gasteiger partial charge in [0, 0.05) is 18.3 Å². The number of aromatic carboxylic acids is 1. The van der Waals surface area contributed by atoms with Crippen LogP contribution in [0.4, 0.5) is 5.69 Å². The molecule has 0 unspecified atom stereocenters. The van der Waals surface area contributed by atoms with Crippen LogP contribution in [0.5, 0.6) is 11.5 Å². The smallest absolute Gasteiger partial charge is 0.358 e. The van der Waals surface area contributed by atoms with E-state index >= 15 is 0 Å². The third-order valence-electron chi connectivity index (χ3n) is 2.32. The number of nitro benzene ring substituents is 1. The van der Waals surface area contributed by atoms with Crippen LogP contribution in [-0.4, -0.2) is 21.0 Å². The number of hydrogen-bond donors (Lipinski definition) is 1. The maximum absolute atomic E-state index is 11.0. The molecule has 1 aromatic heterocycles. The molecule has 0 saturated carbocycles. The van der Waals surface area contributed by atoms with Gasteiger partial charge in [0.1, 0.15) is 5.75 Å². The normalized spacial score (nSPS) is 10.1. The molecule has 0 spiro atoms. The lowest BCUT2D eigenvalue weighted by Gasteiger charge is -2.09. The highest BCUT2D eigenvalue weighted by molar-refractivity contribution is 14.1. The maximum atomic E-state index is 11.0. The van der Waals surface area contributed by atoms with Crippen LogP contribution in [0.3, 0.4) is 0 Å². The summed E-state index contributed by atoms with van der Waals surface area (Å²) in [6.07, 6.45) is 1.34. The van der Waals surface area contributed by atoms with Crippen molar-refractivity contribution in [3.05, 3.63) is 55.9 Å². The summed E-state index contributed by atoms with van der Waals surface area (Å²) < 4.78 is 5.96. The van der Waals surface area contributed by atoms with Crippen molar-refractivity contribution in [1.29, 1.82) is 0 Å². The Morgan fingerprint density at radius 1 is 1.35 bits per heavy atom. The van der Waals surface area contributed by atoms with Gasteiger partial charge in [-0.25, -0.2) is 9.78 Å². The second-order valence-corrected chi connectivity index (χ2v) is 4.79. The first-order valence-electron chi connectivity index (χ1n) is 5.29. The van der Waals surface area contributed by atoms with Gasteiger partial charge in [-0.15, -0.1) is 0 Å². The number of ether oxygens (including phenoxy) is 1. The van der Waals surface area contributed by atoms with Crippen LogP contribution in [0.1, 0.15) is 10.5 Å². The van der Waals surface area contributed by atoms with Crippen LogP contribution in [0.15, 0.2) is 36.5 Å². The predicted molar refractivity (Wildman–Crippen MR) is 77.1 cm³/mol. The van der Waals surface area contributed by atoms with Crippen LogP contribution >= 0.6 is 22.6 Å². The summed E-state index contributed by atoms with van der Waals surface area (Å²) in [4.78, 5) is 24.8. The number of aromatic nitrogens is 1. The van der Waals surface area contributed by atoms with Crippen LogP contribution in [0.25, 0.3) is 0 Å². The Bertz CT molecular complexity index is 689. The predicted octanol–water partition coefficient (Wildman–Crippen LogP) is 3.08. The van der Waals surface area contributed by atoms with Gasteiger partial charge in [0.2, 0.25) is 0 Å². The van der Waals surface area contributed by atoms with Crippen molar-refractivity contribution in [2.24, 2.45) is 0 Å². The molecular formula is C12H7IN2O5. The number of carboxylic acids is 1. The SMILES string of the molecule is O=C(O)c1ncccc1Oc1ccc([N+](=O)[O-])cc1I. The summed E-state index contributed by atoms with van der Waals surface area (Å²) in [6.45, 7) is 0. The van der Waals surface area contributed by atoms with Gasteiger partial charge in [0.15, 0.2) is 11.4 Å². The number of benzene rings is 1. The molecule has 0 fully saturated rings. The molecule has 2 rings (SSSR count). The minimum absolute atomic E-state index is 0.0635. The topological polar surface area (TPSA) is 103 Å². The second kappa shape index (κ2) is 5.82. The number of nitro groups is 1. The van der Waals surface area contributed by atoms with Gasteiger partial charge in [0.25, 0.3) is 5.69 Å². The number of pyridine rings is 1. The average Bonchev–Trinajstić information content (AvgIpc) is 2.41. The molecule has 0 bridgehead atoms. The highest BCUT2D eigenvalue weighted by atomic mass is 127. The van der Waals surface area contributed by atoms with Crippen LogP contribution in [0, 0.1) is 13.7 Å². The Labute approximate surface area is 126 Å². The number of halogens is 1. The highest BCUT2D eigenvalue weighted by Crippen LogP contribution is 2.30. The summed E-state index contributed by atoms with van der Waals surface area (Å²) in [5.41, 5.74) is -0.284. The standard InChI is InChI=1S/C12H7IN2O5/c13-8-6-7(15(18)19)3-4-9(8)20-10-2-1-5-14-11(10)12(16)17/h1-6H,(H,16,17). The van der Waals surface area contributed by atoms with Gasteiger partial charge in [-0.1, -0.05) is 0 Å². The maximum Gasteiger partial charge on any atom is 0.358 e. The van der Waals surface area contributed by atoms with E-state index in [0.29, 0.717) is 9.32 Å². The first kappa shape index (κ1) is 14.2. The molecule has 102 valence electrons. The zero-order valence-electron chi connectivity index (χ0n) is 9.82. The number of carboxylic acid groups (broad SMARTS) is 1. The van der Waals surface area contributed by atoms with Crippen molar-refractivity contribution in [1.82, 2.24) is 4.98 Å².